The van der Waals surface area contributed by atoms with Crippen molar-refractivity contribution in [3.63, 3.8) is 0 Å². The highest BCUT2D eigenvalue weighted by Gasteiger charge is 2.33. The van der Waals surface area contributed by atoms with Gasteiger partial charge in [-0.3, -0.25) is 0 Å². The minimum absolute atomic E-state index is 0.791. The Morgan fingerprint density at radius 3 is 2.22 bits per heavy atom. The fourth-order valence-electron chi connectivity index (χ4n) is 3.96. The number of nitrogens with one attached hydrogen (secondary N) is 1. The summed E-state index contributed by atoms with van der Waals surface area (Å²) in [6, 6.07) is 0.791. The molecule has 104 valence electrons. The Hall–Kier alpha value is -0.120. The van der Waals surface area contributed by atoms with Crippen LogP contribution in [0.2, 0.25) is 0 Å². The van der Waals surface area contributed by atoms with E-state index in [1.54, 1.807) is 0 Å². The fraction of sp³-hybridized carbons (Fsp3) is 1.00. The quantitative estimate of drug-likeness (QED) is 0.818. The molecule has 1 unspecified atom stereocenters. The Morgan fingerprint density at radius 1 is 0.889 bits per heavy atom. The predicted molar refractivity (Wildman–Crippen MR) is 75.9 cm³/mol. The molecule has 0 radical (unpaired) electrons. The van der Waals surface area contributed by atoms with E-state index >= 15 is 0 Å². The first-order chi connectivity index (χ1) is 8.92. The SMILES string of the molecule is C1CCCN(CCNC2CN3CCC2CC3)CC1. The summed E-state index contributed by atoms with van der Waals surface area (Å²) in [6.07, 6.45) is 8.59. The van der Waals surface area contributed by atoms with E-state index in [-0.39, 0.29) is 0 Å². The monoisotopic (exact) mass is 251 g/mol. The lowest BCUT2D eigenvalue weighted by atomic mass is 9.84. The lowest BCUT2D eigenvalue weighted by Gasteiger charge is -2.45. The third-order valence-electron chi connectivity index (χ3n) is 5.19. The zero-order valence-corrected chi connectivity index (χ0v) is 11.7. The van der Waals surface area contributed by atoms with E-state index in [1.807, 2.05) is 0 Å². The molecule has 0 aliphatic carbocycles. The largest absolute Gasteiger partial charge is 0.311 e. The first-order valence-electron chi connectivity index (χ1n) is 8.10. The van der Waals surface area contributed by atoms with Gasteiger partial charge in [-0.2, -0.15) is 0 Å². The van der Waals surface area contributed by atoms with E-state index in [4.69, 9.17) is 0 Å². The molecule has 4 rings (SSSR count). The summed E-state index contributed by atoms with van der Waals surface area (Å²) in [7, 11) is 0. The van der Waals surface area contributed by atoms with Gasteiger partial charge in [-0.1, -0.05) is 12.8 Å². The van der Waals surface area contributed by atoms with Crippen LogP contribution in [0, 0.1) is 5.92 Å². The Kier molecular flexibility index (Phi) is 4.55. The highest BCUT2D eigenvalue weighted by atomic mass is 15.2. The topological polar surface area (TPSA) is 18.5 Å². The lowest BCUT2D eigenvalue weighted by Crippen LogP contribution is -2.56. The minimum Gasteiger partial charge on any atom is -0.311 e. The average Bonchev–Trinajstić information content (AvgIpc) is 2.69. The van der Waals surface area contributed by atoms with Crippen LogP contribution in [-0.4, -0.2) is 61.7 Å². The van der Waals surface area contributed by atoms with Crippen LogP contribution in [0.1, 0.15) is 38.5 Å². The molecule has 0 aromatic carbocycles. The minimum atomic E-state index is 0.791. The molecule has 4 fully saturated rings. The Labute approximate surface area is 112 Å². The van der Waals surface area contributed by atoms with Gasteiger partial charge in [-0.15, -0.1) is 0 Å². The highest BCUT2D eigenvalue weighted by Crippen LogP contribution is 2.27. The van der Waals surface area contributed by atoms with Crippen LogP contribution >= 0.6 is 0 Å². The average molecular weight is 251 g/mol. The molecule has 4 saturated heterocycles. The number of nitrogens with zero attached hydrogens (tertiary/aromatic N) is 2. The third-order valence-corrected chi connectivity index (χ3v) is 5.19. The number of hydrogen-bond acceptors (Lipinski definition) is 3. The number of likely N-dealkylation sites (tertiary alicyclic amines) is 1. The Bertz CT molecular complexity index is 240. The summed E-state index contributed by atoms with van der Waals surface area (Å²) in [6.45, 7) is 9.16. The number of hydrogen-bond donors (Lipinski definition) is 1. The zero-order chi connectivity index (χ0) is 12.2. The molecule has 0 spiro atoms. The van der Waals surface area contributed by atoms with Crippen LogP contribution in [0.3, 0.4) is 0 Å². The summed E-state index contributed by atoms with van der Waals surface area (Å²) < 4.78 is 0. The van der Waals surface area contributed by atoms with Crippen molar-refractivity contribution in [2.45, 2.75) is 44.6 Å². The molecule has 3 heteroatoms. The van der Waals surface area contributed by atoms with E-state index in [2.05, 4.69) is 15.1 Å². The molecule has 1 atom stereocenters. The second-order valence-corrected chi connectivity index (χ2v) is 6.45. The van der Waals surface area contributed by atoms with Gasteiger partial charge < -0.3 is 15.1 Å². The summed E-state index contributed by atoms with van der Waals surface area (Å²) in [5.74, 6) is 0.971. The van der Waals surface area contributed by atoms with Crippen molar-refractivity contribution in [2.24, 2.45) is 5.92 Å². The van der Waals surface area contributed by atoms with Gasteiger partial charge in [0.05, 0.1) is 0 Å². The summed E-state index contributed by atoms with van der Waals surface area (Å²) >= 11 is 0. The molecular formula is C15H29N3. The maximum atomic E-state index is 3.84. The second-order valence-electron chi connectivity index (χ2n) is 6.45. The molecule has 4 heterocycles. The van der Waals surface area contributed by atoms with E-state index in [1.165, 1.54) is 84.3 Å². The lowest BCUT2D eigenvalue weighted by molar-refractivity contribution is 0.0714. The van der Waals surface area contributed by atoms with Gasteiger partial charge in [0.15, 0.2) is 0 Å². The maximum absolute atomic E-state index is 3.84. The normalized spacial score (nSPS) is 37.7. The molecule has 0 amide bonds. The van der Waals surface area contributed by atoms with Crippen LogP contribution in [0.5, 0.6) is 0 Å². The van der Waals surface area contributed by atoms with Crippen LogP contribution in [0.15, 0.2) is 0 Å². The molecule has 1 N–H and O–H groups in total. The summed E-state index contributed by atoms with van der Waals surface area (Å²) in [5.41, 5.74) is 0. The van der Waals surface area contributed by atoms with Crippen LogP contribution in [0.25, 0.3) is 0 Å². The van der Waals surface area contributed by atoms with Crippen molar-refractivity contribution >= 4 is 0 Å². The van der Waals surface area contributed by atoms with Gasteiger partial charge in [0.25, 0.3) is 0 Å². The molecule has 3 nitrogen and oxygen atoms in total. The second kappa shape index (κ2) is 6.36. The maximum Gasteiger partial charge on any atom is 0.0224 e. The first-order valence-corrected chi connectivity index (χ1v) is 8.10. The fourth-order valence-corrected chi connectivity index (χ4v) is 3.96. The molecular weight excluding hydrogens is 222 g/mol. The number of rotatable bonds is 4. The van der Waals surface area contributed by atoms with Crippen molar-refractivity contribution in [3.8, 4) is 0 Å². The standard InChI is InChI=1S/C15H29N3/c1-2-4-9-17(8-3-1)12-7-16-15-13-18-10-5-14(15)6-11-18/h14-16H,1-13H2. The molecule has 0 saturated carbocycles. The number of fused-ring (bicyclic) bond motifs is 3. The van der Waals surface area contributed by atoms with Crippen molar-refractivity contribution in [3.05, 3.63) is 0 Å². The number of piperidine rings is 3. The van der Waals surface area contributed by atoms with Gasteiger partial charge in [0, 0.05) is 25.7 Å². The van der Waals surface area contributed by atoms with E-state index in [0.29, 0.717) is 0 Å². The Morgan fingerprint density at radius 2 is 1.61 bits per heavy atom. The van der Waals surface area contributed by atoms with Gasteiger partial charge in [-0.05, 0) is 57.8 Å². The van der Waals surface area contributed by atoms with E-state index in [0.717, 1.165) is 12.0 Å². The van der Waals surface area contributed by atoms with Crippen LogP contribution < -0.4 is 5.32 Å². The highest BCUT2D eigenvalue weighted by molar-refractivity contribution is 4.90. The van der Waals surface area contributed by atoms with Gasteiger partial charge >= 0.3 is 0 Å². The van der Waals surface area contributed by atoms with Gasteiger partial charge in [-0.25, -0.2) is 0 Å². The first kappa shape index (κ1) is 12.9. The van der Waals surface area contributed by atoms with Crippen molar-refractivity contribution in [1.82, 2.24) is 15.1 Å². The van der Waals surface area contributed by atoms with Crippen LogP contribution in [-0.2, 0) is 0 Å². The van der Waals surface area contributed by atoms with Crippen molar-refractivity contribution < 1.29 is 0 Å². The summed E-state index contributed by atoms with van der Waals surface area (Å²) in [4.78, 5) is 5.31. The Balaban J connectivity index is 1.36. The van der Waals surface area contributed by atoms with Crippen molar-refractivity contribution in [1.29, 1.82) is 0 Å². The van der Waals surface area contributed by atoms with Crippen molar-refractivity contribution in [2.75, 3.05) is 45.8 Å². The predicted octanol–water partition coefficient (Wildman–Crippen LogP) is 1.55. The molecule has 18 heavy (non-hydrogen) atoms. The van der Waals surface area contributed by atoms with E-state index in [9.17, 15) is 0 Å². The molecule has 4 aliphatic rings. The van der Waals surface area contributed by atoms with Gasteiger partial charge in [0.2, 0.25) is 0 Å². The molecule has 2 bridgehead atoms. The van der Waals surface area contributed by atoms with Crippen LogP contribution in [0.4, 0.5) is 0 Å². The molecule has 0 aromatic heterocycles. The molecule has 0 aromatic rings. The zero-order valence-electron chi connectivity index (χ0n) is 11.7. The van der Waals surface area contributed by atoms with E-state index < -0.39 is 0 Å². The summed E-state index contributed by atoms with van der Waals surface area (Å²) in [5, 5.41) is 3.84. The third kappa shape index (κ3) is 3.25. The van der Waals surface area contributed by atoms with Gasteiger partial charge in [0.1, 0.15) is 0 Å². The molecule has 4 aliphatic heterocycles. The smallest absolute Gasteiger partial charge is 0.0224 e.